The number of rotatable bonds is 2. The Hall–Kier alpha value is -3.33. The second kappa shape index (κ2) is 5.64. The molecule has 0 atom stereocenters. The third-order valence-electron chi connectivity index (χ3n) is 3.73. The van der Waals surface area contributed by atoms with Gasteiger partial charge in [-0.1, -0.05) is 24.3 Å². The Balaban J connectivity index is 1.91. The molecule has 0 saturated carbocycles. The highest BCUT2D eigenvalue weighted by atomic mass is 32.2. The third-order valence-corrected chi connectivity index (χ3v) is 4.67. The van der Waals surface area contributed by atoms with Crippen LogP contribution in [0.15, 0.2) is 68.4 Å². The number of hydrogen-bond donors (Lipinski definition) is 2. The van der Waals surface area contributed by atoms with Crippen molar-refractivity contribution in [1.29, 1.82) is 0 Å². The van der Waals surface area contributed by atoms with Crippen LogP contribution in [-0.4, -0.2) is 19.3 Å². The maximum Gasteiger partial charge on any atom is 0.280 e. The normalized spacial score (nSPS) is 11.2. The Kier molecular flexibility index (Phi) is 3.43. The van der Waals surface area contributed by atoms with Gasteiger partial charge in [-0.25, -0.2) is 19.3 Å². The summed E-state index contributed by atoms with van der Waals surface area (Å²) in [7, 11) is 0. The molecule has 0 saturated heterocycles. The lowest BCUT2D eigenvalue weighted by molar-refractivity contribution is 0.750. The van der Waals surface area contributed by atoms with Crippen molar-refractivity contribution < 1.29 is 0 Å². The van der Waals surface area contributed by atoms with E-state index in [9.17, 15) is 9.59 Å². The van der Waals surface area contributed by atoms with E-state index in [1.807, 2.05) is 0 Å². The lowest BCUT2D eigenvalue weighted by Gasteiger charge is -2.10. The van der Waals surface area contributed by atoms with Crippen molar-refractivity contribution in [3.8, 4) is 0 Å². The van der Waals surface area contributed by atoms with E-state index >= 15 is 0 Å². The van der Waals surface area contributed by atoms with E-state index in [4.69, 9.17) is 11.7 Å². The molecule has 0 aliphatic heterocycles. The molecule has 0 amide bonds. The molecule has 0 aliphatic rings. The second-order valence-electron chi connectivity index (χ2n) is 5.28. The van der Waals surface area contributed by atoms with Crippen LogP contribution >= 0.6 is 11.8 Å². The van der Waals surface area contributed by atoms with Crippen LogP contribution in [0.1, 0.15) is 0 Å². The first-order valence-corrected chi connectivity index (χ1v) is 8.09. The van der Waals surface area contributed by atoms with Crippen LogP contribution in [0.4, 0.5) is 0 Å². The standard InChI is InChI=1S/C16H12N6O2S/c17-21-13(23)9-5-1-3-7-11(9)19-15(21)25-16-20-12-8-4-2-6-10(12)14(24)22(16)18/h1-8H,17-18H2. The SMILES string of the molecule is Nn1c(Sc2nc3ccccc3c(=O)n2N)nc2ccccc2c1=O. The summed E-state index contributed by atoms with van der Waals surface area (Å²) in [6, 6.07) is 13.7. The van der Waals surface area contributed by atoms with E-state index in [0.29, 0.717) is 21.8 Å². The van der Waals surface area contributed by atoms with Gasteiger partial charge in [0.15, 0.2) is 10.3 Å². The zero-order chi connectivity index (χ0) is 17.6. The number of aromatic nitrogens is 4. The predicted octanol–water partition coefficient (Wildman–Crippen LogP) is 0.685. The first-order chi connectivity index (χ1) is 12.1. The van der Waals surface area contributed by atoms with Gasteiger partial charge in [-0.05, 0) is 36.0 Å². The first-order valence-electron chi connectivity index (χ1n) is 7.28. The summed E-state index contributed by atoms with van der Waals surface area (Å²) in [4.78, 5) is 33.5. The Morgan fingerprint density at radius 3 is 1.56 bits per heavy atom. The largest absolute Gasteiger partial charge is 0.334 e. The van der Waals surface area contributed by atoms with E-state index in [2.05, 4.69) is 9.97 Å². The summed E-state index contributed by atoms with van der Waals surface area (Å²) in [6.45, 7) is 0. The highest BCUT2D eigenvalue weighted by molar-refractivity contribution is 7.99. The molecule has 2 heterocycles. The van der Waals surface area contributed by atoms with E-state index in [1.165, 1.54) is 0 Å². The van der Waals surface area contributed by atoms with Crippen LogP contribution in [0.3, 0.4) is 0 Å². The minimum Gasteiger partial charge on any atom is -0.334 e. The van der Waals surface area contributed by atoms with Crippen molar-refractivity contribution in [1.82, 2.24) is 19.3 Å². The molecule has 0 spiro atoms. The molecule has 8 nitrogen and oxygen atoms in total. The molecule has 9 heteroatoms. The zero-order valence-electron chi connectivity index (χ0n) is 12.8. The van der Waals surface area contributed by atoms with Crippen LogP contribution in [0, 0.1) is 0 Å². The highest BCUT2D eigenvalue weighted by Crippen LogP contribution is 2.23. The number of nitrogens with zero attached hydrogens (tertiary/aromatic N) is 4. The molecule has 0 aliphatic carbocycles. The van der Waals surface area contributed by atoms with E-state index in [0.717, 1.165) is 21.1 Å². The minimum atomic E-state index is -0.389. The lowest BCUT2D eigenvalue weighted by atomic mass is 10.2. The Morgan fingerprint density at radius 2 is 1.12 bits per heavy atom. The molecule has 0 radical (unpaired) electrons. The number of nitrogen functional groups attached to an aromatic ring is 2. The van der Waals surface area contributed by atoms with E-state index in [1.54, 1.807) is 48.5 Å². The Bertz CT molecular complexity index is 1150. The highest BCUT2D eigenvalue weighted by Gasteiger charge is 2.15. The van der Waals surface area contributed by atoms with Gasteiger partial charge >= 0.3 is 0 Å². The van der Waals surface area contributed by atoms with Crippen molar-refractivity contribution in [3.63, 3.8) is 0 Å². The number of hydrogen-bond acceptors (Lipinski definition) is 7. The van der Waals surface area contributed by atoms with Gasteiger partial charge in [-0.15, -0.1) is 0 Å². The van der Waals surface area contributed by atoms with Crippen molar-refractivity contribution in [2.45, 2.75) is 10.3 Å². The van der Waals surface area contributed by atoms with Crippen molar-refractivity contribution in [2.75, 3.05) is 11.7 Å². The van der Waals surface area contributed by atoms with Crippen LogP contribution in [-0.2, 0) is 0 Å². The number of nitrogens with two attached hydrogens (primary N) is 2. The lowest BCUT2D eigenvalue weighted by Crippen LogP contribution is -2.32. The summed E-state index contributed by atoms with van der Waals surface area (Å²) in [6.07, 6.45) is 0. The quantitative estimate of drug-likeness (QED) is 0.402. The zero-order valence-corrected chi connectivity index (χ0v) is 13.6. The smallest absolute Gasteiger partial charge is 0.280 e. The van der Waals surface area contributed by atoms with Crippen LogP contribution in [0.25, 0.3) is 21.8 Å². The van der Waals surface area contributed by atoms with Gasteiger partial charge in [0.1, 0.15) is 0 Å². The van der Waals surface area contributed by atoms with Gasteiger partial charge < -0.3 is 11.7 Å². The molecule has 0 fully saturated rings. The average molecular weight is 352 g/mol. The topological polar surface area (TPSA) is 122 Å². The predicted molar refractivity (Wildman–Crippen MR) is 96.4 cm³/mol. The van der Waals surface area contributed by atoms with Gasteiger partial charge in [0.25, 0.3) is 11.1 Å². The average Bonchev–Trinajstić information content (AvgIpc) is 2.63. The van der Waals surface area contributed by atoms with Crippen LogP contribution in [0.2, 0.25) is 0 Å². The number of fused-ring (bicyclic) bond motifs is 2. The van der Waals surface area contributed by atoms with Gasteiger partial charge in [-0.2, -0.15) is 0 Å². The maximum absolute atomic E-state index is 12.4. The summed E-state index contributed by atoms with van der Waals surface area (Å²) >= 11 is 0.953. The molecule has 4 N–H and O–H groups in total. The van der Waals surface area contributed by atoms with Crippen molar-refractivity contribution in [2.24, 2.45) is 0 Å². The fourth-order valence-corrected chi connectivity index (χ4v) is 3.29. The summed E-state index contributed by atoms with van der Waals surface area (Å²) in [5, 5.41) is 1.19. The molecule has 4 rings (SSSR count). The first kappa shape index (κ1) is 15.2. The van der Waals surface area contributed by atoms with Gasteiger partial charge in [0, 0.05) is 0 Å². The monoisotopic (exact) mass is 352 g/mol. The molecule has 25 heavy (non-hydrogen) atoms. The van der Waals surface area contributed by atoms with Crippen molar-refractivity contribution >= 4 is 33.6 Å². The molecule has 4 aromatic rings. The number of benzene rings is 2. The molecule has 0 unspecified atom stereocenters. The molecule has 124 valence electrons. The maximum atomic E-state index is 12.4. The molecule has 2 aromatic carbocycles. The molecular formula is C16H12N6O2S. The third kappa shape index (κ3) is 2.41. The van der Waals surface area contributed by atoms with E-state index in [-0.39, 0.29) is 21.4 Å². The fraction of sp³-hybridized carbons (Fsp3) is 0. The van der Waals surface area contributed by atoms with Crippen LogP contribution < -0.4 is 22.8 Å². The van der Waals surface area contributed by atoms with Gasteiger partial charge in [0.05, 0.1) is 21.8 Å². The summed E-state index contributed by atoms with van der Waals surface area (Å²) in [5.74, 6) is 11.7. The molecule has 2 aromatic heterocycles. The molecule has 0 bridgehead atoms. The Labute approximate surface area is 144 Å². The Morgan fingerprint density at radius 1 is 0.720 bits per heavy atom. The summed E-state index contributed by atoms with van der Waals surface area (Å²) in [5.41, 5.74) is 0.228. The van der Waals surface area contributed by atoms with E-state index < -0.39 is 0 Å². The second-order valence-corrected chi connectivity index (χ2v) is 6.21. The fourth-order valence-electron chi connectivity index (χ4n) is 2.48. The van der Waals surface area contributed by atoms with Crippen LogP contribution in [0.5, 0.6) is 0 Å². The van der Waals surface area contributed by atoms with Gasteiger partial charge in [0.2, 0.25) is 0 Å². The van der Waals surface area contributed by atoms with Crippen molar-refractivity contribution in [3.05, 3.63) is 69.2 Å². The summed E-state index contributed by atoms with van der Waals surface area (Å²) < 4.78 is 1.85. The molecular weight excluding hydrogens is 340 g/mol. The minimum absolute atomic E-state index is 0.185. The van der Waals surface area contributed by atoms with Gasteiger partial charge in [-0.3, -0.25) is 9.59 Å². The number of para-hydroxylation sites is 2.